The average molecular weight is 333 g/mol. The minimum atomic E-state index is 0.357. The van der Waals surface area contributed by atoms with Gasteiger partial charge in [-0.15, -0.1) is 0 Å². The van der Waals surface area contributed by atoms with Crippen molar-refractivity contribution in [3.63, 3.8) is 0 Å². The van der Waals surface area contributed by atoms with Crippen LogP contribution in [-0.4, -0.2) is 38.0 Å². The van der Waals surface area contributed by atoms with Crippen molar-refractivity contribution in [3.05, 3.63) is 60.8 Å². The molecule has 25 heavy (non-hydrogen) atoms. The van der Waals surface area contributed by atoms with E-state index in [4.69, 9.17) is 4.98 Å². The molecule has 1 N–H and O–H groups in total. The lowest BCUT2D eigenvalue weighted by Crippen LogP contribution is -2.35. The van der Waals surface area contributed by atoms with Crippen LogP contribution in [-0.2, 0) is 0 Å². The molecule has 126 valence electrons. The molecule has 3 aromatic rings. The third-order valence-electron chi connectivity index (χ3n) is 4.25. The van der Waals surface area contributed by atoms with Crippen LogP contribution in [0.3, 0.4) is 0 Å². The van der Waals surface area contributed by atoms with Gasteiger partial charge in [0.2, 0.25) is 11.9 Å². The average Bonchev–Trinajstić information content (AvgIpc) is 2.70. The van der Waals surface area contributed by atoms with Gasteiger partial charge in [0.25, 0.3) is 0 Å². The van der Waals surface area contributed by atoms with E-state index < -0.39 is 0 Å². The fourth-order valence-electron chi connectivity index (χ4n) is 3.08. The third kappa shape index (κ3) is 3.71. The zero-order valence-corrected chi connectivity index (χ0v) is 13.8. The van der Waals surface area contributed by atoms with Gasteiger partial charge >= 0.3 is 0 Å². The van der Waals surface area contributed by atoms with Gasteiger partial charge in [-0.1, -0.05) is 6.07 Å². The van der Waals surface area contributed by atoms with E-state index in [1.165, 1.54) is 0 Å². The molecule has 0 spiro atoms. The summed E-state index contributed by atoms with van der Waals surface area (Å²) in [4.78, 5) is 24.1. The lowest BCUT2D eigenvalue weighted by atomic mass is 9.94. The number of piperidine rings is 1. The number of anilines is 3. The molecule has 0 aliphatic carbocycles. The highest BCUT2D eigenvalue weighted by atomic mass is 15.3. The van der Waals surface area contributed by atoms with Crippen LogP contribution in [0.25, 0.3) is 0 Å². The third-order valence-corrected chi connectivity index (χ3v) is 4.25. The molecule has 0 saturated carbocycles. The second-order valence-corrected chi connectivity index (χ2v) is 5.98. The smallest absolute Gasteiger partial charge is 0.228 e. The minimum absolute atomic E-state index is 0.357. The van der Waals surface area contributed by atoms with Crippen LogP contribution in [0.15, 0.2) is 55.1 Å². The topological polar surface area (TPSA) is 79.7 Å². The van der Waals surface area contributed by atoms with Crippen molar-refractivity contribution in [2.45, 2.75) is 18.8 Å². The number of hydrogen-bond donors (Lipinski definition) is 1. The standard InChI is InChI=1S/C18H19N7/c1-6-15(23-16(7-1)24-17-19-8-3-9-20-17)14-5-2-12-25(13-14)18-21-10-4-11-22-18/h1,3-4,6-11,14H,2,5,12-13H2,(H,19,20,23,24)/t14-/m1/s1. The molecule has 0 aromatic carbocycles. The van der Waals surface area contributed by atoms with Crippen LogP contribution >= 0.6 is 0 Å². The monoisotopic (exact) mass is 333 g/mol. The molecule has 3 aromatic heterocycles. The highest BCUT2D eigenvalue weighted by Gasteiger charge is 2.24. The molecule has 7 heteroatoms. The second kappa shape index (κ2) is 7.21. The maximum absolute atomic E-state index is 4.76. The summed E-state index contributed by atoms with van der Waals surface area (Å²) in [6, 6.07) is 9.66. The number of pyridine rings is 1. The molecule has 7 nitrogen and oxygen atoms in total. The molecule has 1 atom stereocenters. The molecule has 1 aliphatic rings. The van der Waals surface area contributed by atoms with Crippen LogP contribution in [0, 0.1) is 0 Å². The van der Waals surface area contributed by atoms with Crippen molar-refractivity contribution < 1.29 is 0 Å². The number of nitrogens with zero attached hydrogens (tertiary/aromatic N) is 6. The van der Waals surface area contributed by atoms with Gasteiger partial charge in [0.15, 0.2) is 0 Å². The number of rotatable bonds is 4. The van der Waals surface area contributed by atoms with Gasteiger partial charge in [0.1, 0.15) is 5.82 Å². The molecule has 0 radical (unpaired) electrons. The number of aromatic nitrogens is 5. The second-order valence-electron chi connectivity index (χ2n) is 5.98. The Labute approximate surface area is 146 Å². The Bertz CT molecular complexity index is 810. The van der Waals surface area contributed by atoms with E-state index in [2.05, 4.69) is 36.2 Å². The van der Waals surface area contributed by atoms with Gasteiger partial charge in [0, 0.05) is 49.5 Å². The lowest BCUT2D eigenvalue weighted by molar-refractivity contribution is 0.495. The Morgan fingerprint density at radius 2 is 1.68 bits per heavy atom. The highest BCUT2D eigenvalue weighted by molar-refractivity contribution is 5.47. The van der Waals surface area contributed by atoms with E-state index in [1.807, 2.05) is 18.2 Å². The van der Waals surface area contributed by atoms with Gasteiger partial charge in [-0.3, -0.25) is 0 Å². The zero-order valence-electron chi connectivity index (χ0n) is 13.8. The van der Waals surface area contributed by atoms with Crippen LogP contribution in [0.5, 0.6) is 0 Å². The van der Waals surface area contributed by atoms with E-state index >= 15 is 0 Å². The van der Waals surface area contributed by atoms with Crippen molar-refractivity contribution in [2.75, 3.05) is 23.3 Å². The SMILES string of the molecule is c1cnc(Nc2cccc([C@@H]3CCCN(c4ncccn4)C3)n2)nc1. The van der Waals surface area contributed by atoms with Gasteiger partial charge in [-0.05, 0) is 37.1 Å². The van der Waals surface area contributed by atoms with E-state index in [-0.39, 0.29) is 0 Å². The zero-order chi connectivity index (χ0) is 16.9. The first-order valence-electron chi connectivity index (χ1n) is 8.41. The summed E-state index contributed by atoms with van der Waals surface area (Å²) >= 11 is 0. The summed E-state index contributed by atoms with van der Waals surface area (Å²) in [6.07, 6.45) is 9.20. The number of nitrogens with one attached hydrogen (secondary N) is 1. The van der Waals surface area contributed by atoms with E-state index in [1.54, 1.807) is 30.9 Å². The minimum Gasteiger partial charge on any atom is -0.340 e. The molecule has 4 heterocycles. The van der Waals surface area contributed by atoms with Crippen LogP contribution < -0.4 is 10.2 Å². The fraction of sp³-hybridized carbons (Fsp3) is 0.278. The largest absolute Gasteiger partial charge is 0.340 e. The van der Waals surface area contributed by atoms with E-state index in [0.29, 0.717) is 11.9 Å². The summed E-state index contributed by atoms with van der Waals surface area (Å²) in [5.74, 6) is 2.46. The van der Waals surface area contributed by atoms with Gasteiger partial charge < -0.3 is 10.2 Å². The van der Waals surface area contributed by atoms with Crippen molar-refractivity contribution in [1.29, 1.82) is 0 Å². The summed E-state index contributed by atoms with van der Waals surface area (Å²) in [7, 11) is 0. The quantitative estimate of drug-likeness (QED) is 0.786. The summed E-state index contributed by atoms with van der Waals surface area (Å²) in [5, 5.41) is 3.15. The maximum Gasteiger partial charge on any atom is 0.228 e. The predicted molar refractivity (Wildman–Crippen MR) is 95.8 cm³/mol. The molecule has 1 saturated heterocycles. The normalized spacial score (nSPS) is 17.3. The van der Waals surface area contributed by atoms with Crippen molar-refractivity contribution >= 4 is 17.7 Å². The summed E-state index contributed by atoms with van der Waals surface area (Å²) in [5.41, 5.74) is 1.07. The maximum atomic E-state index is 4.76. The molecule has 1 aliphatic heterocycles. The summed E-state index contributed by atoms with van der Waals surface area (Å²) < 4.78 is 0. The van der Waals surface area contributed by atoms with E-state index in [0.717, 1.165) is 43.4 Å². The van der Waals surface area contributed by atoms with Crippen molar-refractivity contribution in [1.82, 2.24) is 24.9 Å². The Kier molecular flexibility index (Phi) is 4.45. The fourth-order valence-corrected chi connectivity index (χ4v) is 3.08. The summed E-state index contributed by atoms with van der Waals surface area (Å²) in [6.45, 7) is 1.86. The first-order chi connectivity index (χ1) is 12.4. The van der Waals surface area contributed by atoms with Gasteiger partial charge in [-0.25, -0.2) is 24.9 Å². The van der Waals surface area contributed by atoms with Crippen LogP contribution in [0.2, 0.25) is 0 Å². The molecule has 4 rings (SSSR count). The molecule has 0 unspecified atom stereocenters. The van der Waals surface area contributed by atoms with E-state index in [9.17, 15) is 0 Å². The first-order valence-corrected chi connectivity index (χ1v) is 8.41. The Morgan fingerprint density at radius 1 is 0.920 bits per heavy atom. The molecular weight excluding hydrogens is 314 g/mol. The predicted octanol–water partition coefficient (Wildman–Crippen LogP) is 2.79. The van der Waals surface area contributed by atoms with Gasteiger partial charge in [0.05, 0.1) is 0 Å². The molecule has 0 amide bonds. The Morgan fingerprint density at radius 3 is 2.48 bits per heavy atom. The molecule has 1 fully saturated rings. The lowest BCUT2D eigenvalue weighted by Gasteiger charge is -2.32. The Hall–Kier alpha value is -3.09. The van der Waals surface area contributed by atoms with Crippen molar-refractivity contribution in [3.8, 4) is 0 Å². The van der Waals surface area contributed by atoms with Crippen molar-refractivity contribution in [2.24, 2.45) is 0 Å². The highest BCUT2D eigenvalue weighted by Crippen LogP contribution is 2.28. The molecule has 0 bridgehead atoms. The number of hydrogen-bond acceptors (Lipinski definition) is 7. The van der Waals surface area contributed by atoms with Gasteiger partial charge in [-0.2, -0.15) is 0 Å². The first kappa shape index (κ1) is 15.4. The Balaban J connectivity index is 1.50. The van der Waals surface area contributed by atoms with Crippen LogP contribution in [0.1, 0.15) is 24.5 Å². The molecular formula is C18H19N7. The van der Waals surface area contributed by atoms with Crippen LogP contribution in [0.4, 0.5) is 17.7 Å².